The zero-order chi connectivity index (χ0) is 94.7. The second-order valence-corrected chi connectivity index (χ2v) is 40.8. The third-order valence-electron chi connectivity index (χ3n) is 30.2. The summed E-state index contributed by atoms with van der Waals surface area (Å²) in [5, 5.41) is 28.7. The van der Waals surface area contributed by atoms with Gasteiger partial charge in [0.05, 0.1) is 0 Å². The summed E-state index contributed by atoms with van der Waals surface area (Å²) in [7, 11) is 0. The van der Waals surface area contributed by atoms with E-state index in [-0.39, 0.29) is 5.41 Å². The Kier molecular flexibility index (Phi) is 20.8. The van der Waals surface area contributed by atoms with Gasteiger partial charge in [0.15, 0.2) is 0 Å². The zero-order valence-corrected chi connectivity index (χ0v) is 80.6. The lowest BCUT2D eigenvalue weighted by Gasteiger charge is -2.22. The normalized spacial score (nSPS) is 12.2. The molecule has 0 aliphatic heterocycles. The lowest BCUT2D eigenvalue weighted by Crippen LogP contribution is -2.14. The fraction of sp³-hybridized carbons (Fsp3) is 0.0213. The molecule has 0 unspecified atom stereocenters. The highest BCUT2D eigenvalue weighted by atomic mass is 32.1. The van der Waals surface area contributed by atoms with Crippen LogP contribution in [-0.2, 0) is 5.41 Å². The first-order chi connectivity index (χ1) is 70.7. The van der Waals surface area contributed by atoms with Crippen molar-refractivity contribution in [2.45, 2.75) is 19.3 Å². The van der Waals surface area contributed by atoms with E-state index < -0.39 is 0 Å². The SMILES string of the molecule is CC1(C)c2ccccc2-c2ccc(-c3ccc(-c4ccc(-c5cc(-c6ccccc6)c6c7ccccc7c7ccccc7c6c5)cc4)cc3)cc21.c1ccc(-c2cc(-c3ccc(-c4ccc5c(c4)sc4ccccc45)cc3)cc3c4ccccc4c4ccccc4c23)cc1.c1ccc(-c2cc(-c3cccc(-c4cccc(-c5cccc6sc7ccccc7c56)c4)c3)cc3c4ccccc4c4ccccc4c23)cc1. The van der Waals surface area contributed by atoms with E-state index in [1.807, 2.05) is 22.7 Å². The van der Waals surface area contributed by atoms with Gasteiger partial charge in [0.1, 0.15) is 0 Å². The number of fused-ring (bicyclic) bond motifs is 27. The van der Waals surface area contributed by atoms with Gasteiger partial charge in [0, 0.05) is 45.8 Å². The van der Waals surface area contributed by atoms with Crippen molar-refractivity contribution in [1.82, 2.24) is 0 Å². The Labute approximate surface area is 838 Å². The average Bonchev–Trinajstić information content (AvgIpc) is 1.71. The standard InChI is InChI=1S/C51H36.C48H30S.C42H26S/c1-51(2)48-19-11-10-17-43(48)44-29-28-38(32-49(44)51)35-24-20-33(21-25-35)34-22-26-36(27-23-34)39-30-46(37-12-4-3-5-13-37)50-45-18-9-8-15-41(45)40-14-6-7-16-42(40)47(50)31-39;1-2-13-31(14-3-1)43-29-36(30-44-40-21-5-4-19-38(40)39-20-6-7-22-41(39)47(43)44)34-17-10-15-32(27-34)33-16-11-18-35(28-33)37-24-12-26-46-48(37)42-23-8-9-25-45(42)49-46;1-2-10-29(11-3-1)38-24-31(25-39-34-14-5-4-12-32(34)33-13-6-7-16-37(33)42(38)39)28-20-18-27(19-21-28)30-22-23-36-35-15-8-9-17-40(35)43-41(36)26-30/h3-32H,1-2H3;1-30H;1-26H. The molecule has 0 radical (unpaired) electrons. The molecule has 0 saturated carbocycles. The van der Waals surface area contributed by atoms with Crippen molar-refractivity contribution in [3.8, 4) is 134 Å². The second-order valence-electron chi connectivity index (χ2n) is 38.6. The number of rotatable bonds is 11. The summed E-state index contributed by atoms with van der Waals surface area (Å²) in [6.07, 6.45) is 0. The van der Waals surface area contributed by atoms with Gasteiger partial charge < -0.3 is 0 Å². The summed E-state index contributed by atoms with van der Waals surface area (Å²) in [6.45, 7) is 4.69. The molecule has 28 aromatic rings. The van der Waals surface area contributed by atoms with Gasteiger partial charge in [0.25, 0.3) is 0 Å². The smallest absolute Gasteiger partial charge is 0.0361 e. The van der Waals surface area contributed by atoms with Gasteiger partial charge >= 0.3 is 0 Å². The predicted molar refractivity (Wildman–Crippen MR) is 620 cm³/mol. The maximum Gasteiger partial charge on any atom is 0.0361 e. The van der Waals surface area contributed by atoms with Crippen LogP contribution in [0.15, 0.2) is 522 Å². The van der Waals surface area contributed by atoms with Crippen LogP contribution in [0.3, 0.4) is 0 Å². The van der Waals surface area contributed by atoms with Gasteiger partial charge in [-0.15, -0.1) is 22.7 Å². The van der Waals surface area contributed by atoms with Crippen LogP contribution in [0.25, 0.3) is 271 Å². The van der Waals surface area contributed by atoms with Crippen LogP contribution in [0.5, 0.6) is 0 Å². The average molecular weight is 1850 g/mol. The van der Waals surface area contributed by atoms with Crippen LogP contribution in [0.2, 0.25) is 0 Å². The van der Waals surface area contributed by atoms with Gasteiger partial charge in [0.2, 0.25) is 0 Å². The molecule has 2 aromatic heterocycles. The Hall–Kier alpha value is -17.5. The molecule has 0 spiro atoms. The van der Waals surface area contributed by atoms with E-state index in [0.717, 1.165) is 0 Å². The lowest BCUT2D eigenvalue weighted by atomic mass is 9.81. The summed E-state index contributed by atoms with van der Waals surface area (Å²) in [4.78, 5) is 0. The second kappa shape index (κ2) is 35.1. The highest BCUT2D eigenvalue weighted by Gasteiger charge is 2.36. The first-order valence-corrected chi connectivity index (χ1v) is 51.2. The fourth-order valence-electron chi connectivity index (χ4n) is 23.3. The van der Waals surface area contributed by atoms with Gasteiger partial charge in [-0.3, -0.25) is 0 Å². The quantitative estimate of drug-likeness (QED) is 0.113. The van der Waals surface area contributed by atoms with Crippen LogP contribution in [-0.4, -0.2) is 0 Å². The van der Waals surface area contributed by atoms with E-state index in [9.17, 15) is 0 Å². The molecule has 2 heterocycles. The predicted octanol–water partition coefficient (Wildman–Crippen LogP) is 40.8. The van der Waals surface area contributed by atoms with Crippen molar-refractivity contribution in [2.24, 2.45) is 0 Å². The Balaban J connectivity index is 0.000000107. The molecule has 1 aliphatic rings. The number of hydrogen-bond acceptors (Lipinski definition) is 2. The molecule has 0 bridgehead atoms. The molecule has 0 fully saturated rings. The largest absolute Gasteiger partial charge is 0.135 e. The Morgan fingerprint density at radius 2 is 0.385 bits per heavy atom. The summed E-state index contributed by atoms with van der Waals surface area (Å²) in [5.41, 5.74) is 32.8. The number of benzene rings is 26. The minimum absolute atomic E-state index is 0.00257. The van der Waals surface area contributed by atoms with E-state index in [4.69, 9.17) is 0 Å². The van der Waals surface area contributed by atoms with E-state index in [0.29, 0.717) is 0 Å². The molecule has 0 atom stereocenters. The Bertz CT molecular complexity index is 9950. The molecule has 0 nitrogen and oxygen atoms in total. The van der Waals surface area contributed by atoms with Crippen LogP contribution in [0, 0.1) is 0 Å². The molecule has 1 aliphatic carbocycles. The molecule has 668 valence electrons. The van der Waals surface area contributed by atoms with E-state index in [1.165, 1.54) is 282 Å². The van der Waals surface area contributed by atoms with Gasteiger partial charge in [-0.1, -0.05) is 457 Å². The number of hydrogen-bond donors (Lipinski definition) is 0. The zero-order valence-electron chi connectivity index (χ0n) is 79.0. The third-order valence-corrected chi connectivity index (χ3v) is 32.4. The summed E-state index contributed by atoms with van der Waals surface area (Å²) in [6, 6.07) is 192. The first kappa shape index (κ1) is 84.8. The summed E-state index contributed by atoms with van der Waals surface area (Å²) in [5.74, 6) is 0. The highest BCUT2D eigenvalue weighted by molar-refractivity contribution is 7.26. The third kappa shape index (κ3) is 14.8. The maximum absolute atomic E-state index is 2.41. The van der Waals surface area contributed by atoms with Crippen molar-refractivity contribution in [3.63, 3.8) is 0 Å². The summed E-state index contributed by atoms with van der Waals surface area (Å²) < 4.78 is 5.34. The first-order valence-electron chi connectivity index (χ1n) is 49.5. The van der Waals surface area contributed by atoms with Gasteiger partial charge in [-0.05, 0) is 320 Å². The molecule has 0 amide bonds. The molecule has 2 heteroatoms. The molecular weight excluding hydrogens is 1760 g/mol. The minimum atomic E-state index is -0.00257. The van der Waals surface area contributed by atoms with Gasteiger partial charge in [-0.25, -0.2) is 0 Å². The molecular formula is C141H92S2. The van der Waals surface area contributed by atoms with Gasteiger partial charge in [-0.2, -0.15) is 0 Å². The van der Waals surface area contributed by atoms with Crippen LogP contribution in [0.4, 0.5) is 0 Å². The molecule has 0 saturated heterocycles. The van der Waals surface area contributed by atoms with E-state index >= 15 is 0 Å². The van der Waals surface area contributed by atoms with Crippen molar-refractivity contribution in [3.05, 3.63) is 533 Å². The van der Waals surface area contributed by atoms with Crippen molar-refractivity contribution in [1.29, 1.82) is 0 Å². The van der Waals surface area contributed by atoms with Crippen molar-refractivity contribution >= 4 is 160 Å². The van der Waals surface area contributed by atoms with E-state index in [2.05, 4.69) is 536 Å². The Morgan fingerprint density at radius 1 is 0.119 bits per heavy atom. The van der Waals surface area contributed by atoms with Crippen LogP contribution in [0.1, 0.15) is 25.0 Å². The number of thiophene rings is 2. The molecule has 143 heavy (non-hydrogen) atoms. The lowest BCUT2D eigenvalue weighted by molar-refractivity contribution is 0.660. The van der Waals surface area contributed by atoms with Crippen LogP contribution < -0.4 is 0 Å². The Morgan fingerprint density at radius 3 is 0.839 bits per heavy atom. The van der Waals surface area contributed by atoms with E-state index in [1.54, 1.807) is 0 Å². The molecule has 0 N–H and O–H groups in total. The van der Waals surface area contributed by atoms with Crippen molar-refractivity contribution in [2.75, 3.05) is 0 Å². The fourth-order valence-corrected chi connectivity index (χ4v) is 25.5. The summed E-state index contributed by atoms with van der Waals surface area (Å²) >= 11 is 3.74. The highest BCUT2D eigenvalue weighted by Crippen LogP contribution is 2.53. The monoisotopic (exact) mass is 1850 g/mol. The van der Waals surface area contributed by atoms with Crippen molar-refractivity contribution < 1.29 is 0 Å². The topological polar surface area (TPSA) is 0 Å². The molecule has 29 rings (SSSR count). The molecule has 26 aromatic carbocycles. The van der Waals surface area contributed by atoms with Crippen LogP contribution >= 0.6 is 22.7 Å². The maximum atomic E-state index is 2.41. The minimum Gasteiger partial charge on any atom is -0.135 e.